The van der Waals surface area contributed by atoms with Gasteiger partial charge >= 0.3 is 0 Å². The van der Waals surface area contributed by atoms with Gasteiger partial charge in [-0.3, -0.25) is 9.59 Å². The third kappa shape index (κ3) is 8.48. The van der Waals surface area contributed by atoms with Gasteiger partial charge in [-0.1, -0.05) is 79.5 Å². The molecule has 0 heterocycles. The zero-order valence-corrected chi connectivity index (χ0v) is 25.1. The maximum absolute atomic E-state index is 13.7. The molecule has 38 heavy (non-hydrogen) atoms. The van der Waals surface area contributed by atoms with Gasteiger partial charge in [-0.05, 0) is 76.7 Å². The van der Waals surface area contributed by atoms with Crippen molar-refractivity contribution in [2.45, 2.75) is 58.7 Å². The van der Waals surface area contributed by atoms with E-state index >= 15 is 0 Å². The Kier molecular flexibility index (Phi) is 11.1. The van der Waals surface area contributed by atoms with Crippen LogP contribution in [0.25, 0.3) is 0 Å². The maximum atomic E-state index is 13.7. The number of nitrogens with zero attached hydrogens (tertiary/aromatic N) is 1. The van der Waals surface area contributed by atoms with Crippen LogP contribution in [0.15, 0.2) is 71.2 Å². The lowest BCUT2D eigenvalue weighted by Crippen LogP contribution is -2.52. The van der Waals surface area contributed by atoms with Gasteiger partial charge in [0.15, 0.2) is 6.61 Å². The number of carbonyl (C=O) groups excluding carboxylic acids is 2. The predicted octanol–water partition coefficient (Wildman–Crippen LogP) is 7.42. The Morgan fingerprint density at radius 1 is 0.921 bits per heavy atom. The largest absolute Gasteiger partial charge is 0.483 e. The summed E-state index contributed by atoms with van der Waals surface area (Å²) in [5.41, 5.74) is 2.85. The molecule has 8 heteroatoms. The summed E-state index contributed by atoms with van der Waals surface area (Å²) in [6.45, 7) is 7.94. The van der Waals surface area contributed by atoms with Crippen LogP contribution in [-0.4, -0.2) is 35.4 Å². The van der Waals surface area contributed by atoms with Gasteiger partial charge in [-0.15, -0.1) is 0 Å². The highest BCUT2D eigenvalue weighted by atomic mass is 79.9. The molecule has 0 spiro atoms. The van der Waals surface area contributed by atoms with Gasteiger partial charge in [0.05, 0.1) is 14.5 Å². The smallest absolute Gasteiger partial charge is 0.261 e. The number of carbonyl (C=O) groups is 2. The first-order valence-corrected chi connectivity index (χ1v) is 14.1. The van der Waals surface area contributed by atoms with Crippen molar-refractivity contribution in [2.75, 3.05) is 6.61 Å². The van der Waals surface area contributed by atoms with Crippen molar-refractivity contribution in [3.05, 3.63) is 97.9 Å². The fourth-order valence-corrected chi connectivity index (χ4v) is 4.82. The lowest BCUT2D eigenvalue weighted by atomic mass is 10.0. The molecule has 1 atom stereocenters. The Labute approximate surface area is 243 Å². The first-order valence-electron chi connectivity index (χ1n) is 12.5. The van der Waals surface area contributed by atoms with Gasteiger partial charge in [-0.2, -0.15) is 0 Å². The Morgan fingerprint density at radius 3 is 2.24 bits per heavy atom. The molecule has 3 rings (SSSR count). The molecule has 2 amide bonds. The summed E-state index contributed by atoms with van der Waals surface area (Å²) >= 11 is 15.9. The van der Waals surface area contributed by atoms with Crippen molar-refractivity contribution in [3.63, 3.8) is 0 Å². The van der Waals surface area contributed by atoms with Crippen LogP contribution in [0.1, 0.15) is 50.3 Å². The van der Waals surface area contributed by atoms with E-state index in [0.717, 1.165) is 21.2 Å². The van der Waals surface area contributed by atoms with E-state index in [1.807, 2.05) is 62.4 Å². The molecule has 0 aliphatic heterocycles. The topological polar surface area (TPSA) is 58.6 Å². The van der Waals surface area contributed by atoms with Crippen LogP contribution in [0.3, 0.4) is 0 Å². The summed E-state index contributed by atoms with van der Waals surface area (Å²) in [4.78, 5) is 28.7. The summed E-state index contributed by atoms with van der Waals surface area (Å²) < 4.78 is 6.71. The molecule has 5 nitrogen and oxygen atoms in total. The first-order chi connectivity index (χ1) is 18.0. The number of benzene rings is 3. The van der Waals surface area contributed by atoms with Crippen molar-refractivity contribution in [2.24, 2.45) is 0 Å². The van der Waals surface area contributed by atoms with E-state index in [4.69, 9.17) is 27.9 Å². The van der Waals surface area contributed by atoms with Gasteiger partial charge < -0.3 is 15.0 Å². The molecular formula is C30H33BrCl2N2O3. The third-order valence-corrected chi connectivity index (χ3v) is 7.37. The Hall–Kier alpha value is -2.54. The SMILES string of the molecule is CC(C)NC(=O)C(Cc1ccccc1)N(Cc1ccc(Cl)c(Cl)c1)C(=O)COc1ccc(C(C)C)cc1Br. The van der Waals surface area contributed by atoms with E-state index in [9.17, 15) is 9.59 Å². The van der Waals surface area contributed by atoms with Crippen LogP contribution in [0.2, 0.25) is 10.0 Å². The average Bonchev–Trinajstić information content (AvgIpc) is 2.87. The minimum Gasteiger partial charge on any atom is -0.483 e. The summed E-state index contributed by atoms with van der Waals surface area (Å²) in [6.07, 6.45) is 0.346. The lowest BCUT2D eigenvalue weighted by Gasteiger charge is -2.32. The minimum atomic E-state index is -0.767. The lowest BCUT2D eigenvalue weighted by molar-refractivity contribution is -0.143. The quantitative estimate of drug-likeness (QED) is 0.243. The molecular weight excluding hydrogens is 587 g/mol. The Balaban J connectivity index is 1.93. The predicted molar refractivity (Wildman–Crippen MR) is 158 cm³/mol. The van der Waals surface area contributed by atoms with Crippen LogP contribution >= 0.6 is 39.1 Å². The molecule has 0 aliphatic rings. The van der Waals surface area contributed by atoms with Gasteiger partial charge in [-0.25, -0.2) is 0 Å². The van der Waals surface area contributed by atoms with Crippen molar-refractivity contribution >= 4 is 50.9 Å². The number of hydrogen-bond acceptors (Lipinski definition) is 3. The highest BCUT2D eigenvalue weighted by molar-refractivity contribution is 9.10. The summed E-state index contributed by atoms with van der Waals surface area (Å²) in [6, 6.07) is 19.8. The standard InChI is InChI=1S/C30H33BrCl2N2O3/c1-19(2)23-11-13-28(24(31)16-23)38-18-29(36)35(17-22-10-12-25(32)26(33)14-22)27(30(37)34-20(3)4)15-21-8-6-5-7-9-21/h5-14,16,19-20,27H,15,17-18H2,1-4H3,(H,34,37). The molecule has 0 bridgehead atoms. The monoisotopic (exact) mass is 618 g/mol. The number of rotatable bonds is 11. The van der Waals surface area contributed by atoms with Crippen molar-refractivity contribution in [1.29, 1.82) is 0 Å². The third-order valence-electron chi connectivity index (χ3n) is 6.01. The number of amides is 2. The normalized spacial score (nSPS) is 11.9. The molecule has 0 aliphatic carbocycles. The average molecular weight is 620 g/mol. The molecule has 3 aromatic rings. The number of ether oxygens (including phenoxy) is 1. The van der Waals surface area contributed by atoms with Gasteiger partial charge in [0.1, 0.15) is 11.8 Å². The second-order valence-corrected chi connectivity index (χ2v) is 11.4. The molecule has 202 valence electrons. The number of halogens is 3. The second-order valence-electron chi connectivity index (χ2n) is 9.77. The zero-order valence-electron chi connectivity index (χ0n) is 22.0. The second kappa shape index (κ2) is 14.0. The van der Waals surface area contributed by atoms with Crippen molar-refractivity contribution < 1.29 is 14.3 Å². The number of nitrogens with one attached hydrogen (secondary N) is 1. The van der Waals surface area contributed by atoms with E-state index in [1.165, 1.54) is 0 Å². The molecule has 0 radical (unpaired) electrons. The molecule has 0 saturated carbocycles. The highest BCUT2D eigenvalue weighted by Crippen LogP contribution is 2.29. The van der Waals surface area contributed by atoms with Crippen molar-refractivity contribution in [1.82, 2.24) is 10.2 Å². The van der Waals surface area contributed by atoms with Crippen LogP contribution in [0.4, 0.5) is 0 Å². The summed E-state index contributed by atoms with van der Waals surface area (Å²) in [5, 5.41) is 3.78. The van der Waals surface area contributed by atoms with Crippen LogP contribution in [-0.2, 0) is 22.6 Å². The highest BCUT2D eigenvalue weighted by Gasteiger charge is 2.31. The van der Waals surface area contributed by atoms with Gasteiger partial charge in [0, 0.05) is 19.0 Å². The van der Waals surface area contributed by atoms with Crippen molar-refractivity contribution in [3.8, 4) is 5.75 Å². The maximum Gasteiger partial charge on any atom is 0.261 e. The van der Waals surface area contributed by atoms with Crippen LogP contribution in [0.5, 0.6) is 5.75 Å². The summed E-state index contributed by atoms with van der Waals surface area (Å²) in [5.74, 6) is 0.362. The molecule has 1 unspecified atom stereocenters. The van der Waals surface area contributed by atoms with Gasteiger partial charge in [0.2, 0.25) is 5.91 Å². The van der Waals surface area contributed by atoms with Crippen LogP contribution in [0, 0.1) is 0 Å². The fraction of sp³-hybridized carbons (Fsp3) is 0.333. The molecule has 1 N–H and O–H groups in total. The molecule has 3 aromatic carbocycles. The Morgan fingerprint density at radius 2 is 1.63 bits per heavy atom. The van der Waals surface area contributed by atoms with Crippen LogP contribution < -0.4 is 10.1 Å². The molecule has 0 aromatic heterocycles. The zero-order chi connectivity index (χ0) is 27.8. The van der Waals surface area contributed by atoms with E-state index in [-0.39, 0.29) is 31.0 Å². The van der Waals surface area contributed by atoms with Gasteiger partial charge in [0.25, 0.3) is 5.91 Å². The van der Waals surface area contributed by atoms with E-state index < -0.39 is 6.04 Å². The Bertz CT molecular complexity index is 1250. The fourth-order valence-electron chi connectivity index (χ4n) is 3.99. The van der Waals surface area contributed by atoms with E-state index in [1.54, 1.807) is 23.1 Å². The van der Waals surface area contributed by atoms with E-state index in [2.05, 4.69) is 35.1 Å². The molecule has 0 fully saturated rings. The van der Waals surface area contributed by atoms with E-state index in [0.29, 0.717) is 28.1 Å². The minimum absolute atomic E-state index is 0.0885. The number of hydrogen-bond donors (Lipinski definition) is 1. The molecule has 0 saturated heterocycles. The summed E-state index contributed by atoms with van der Waals surface area (Å²) in [7, 11) is 0. The first kappa shape index (κ1) is 30.0.